The predicted octanol–water partition coefficient (Wildman–Crippen LogP) is 2.54. The van der Waals surface area contributed by atoms with Gasteiger partial charge in [0.05, 0.1) is 18.5 Å². The molecule has 0 unspecified atom stereocenters. The summed E-state index contributed by atoms with van der Waals surface area (Å²) in [5, 5.41) is 3.66. The van der Waals surface area contributed by atoms with Crippen molar-refractivity contribution in [1.82, 2.24) is 25.6 Å². The second-order valence-electron chi connectivity index (χ2n) is 6.21. The minimum Gasteiger partial charge on any atom is -0.462 e. The van der Waals surface area contributed by atoms with E-state index in [0.717, 1.165) is 6.20 Å². The van der Waals surface area contributed by atoms with Crippen molar-refractivity contribution < 1.29 is 32.3 Å². The van der Waals surface area contributed by atoms with E-state index in [1.165, 1.54) is 43.5 Å². The van der Waals surface area contributed by atoms with E-state index in [-0.39, 0.29) is 23.6 Å². The molecule has 0 fully saturated rings. The number of hydrogen-bond donors (Lipinski definition) is 2. The minimum absolute atomic E-state index is 0.0399. The lowest BCUT2D eigenvalue weighted by molar-refractivity contribution is -0.143. The first kappa shape index (κ1) is 22.5. The molecule has 3 rings (SSSR count). The SMILES string of the molecule is CCOC(=O)c1cnn(-c2ccc(C(=O)NNC(=O)c3ccccn3)cc2)c1C(F)(F)F. The van der Waals surface area contributed by atoms with E-state index >= 15 is 0 Å². The Morgan fingerprint density at radius 2 is 1.72 bits per heavy atom. The monoisotopic (exact) mass is 447 g/mol. The first-order chi connectivity index (χ1) is 15.2. The summed E-state index contributed by atoms with van der Waals surface area (Å²) < 4.78 is 45.9. The Morgan fingerprint density at radius 3 is 2.31 bits per heavy atom. The maximum atomic E-state index is 13.6. The lowest BCUT2D eigenvalue weighted by atomic mass is 10.2. The second-order valence-corrected chi connectivity index (χ2v) is 6.21. The van der Waals surface area contributed by atoms with Gasteiger partial charge in [-0.2, -0.15) is 18.3 Å². The number of hydrazine groups is 1. The van der Waals surface area contributed by atoms with Gasteiger partial charge in [-0.1, -0.05) is 6.07 Å². The van der Waals surface area contributed by atoms with Crippen molar-refractivity contribution in [1.29, 1.82) is 0 Å². The molecule has 1 aromatic carbocycles. The minimum atomic E-state index is -4.88. The number of alkyl halides is 3. The smallest absolute Gasteiger partial charge is 0.434 e. The van der Waals surface area contributed by atoms with E-state index in [1.54, 1.807) is 12.1 Å². The van der Waals surface area contributed by atoms with E-state index in [2.05, 4.69) is 25.7 Å². The number of carbonyl (C=O) groups is 3. The molecule has 2 amide bonds. The summed E-state index contributed by atoms with van der Waals surface area (Å²) in [6.07, 6.45) is -2.70. The van der Waals surface area contributed by atoms with Crippen LogP contribution in [0.3, 0.4) is 0 Å². The predicted molar refractivity (Wildman–Crippen MR) is 104 cm³/mol. The number of ether oxygens (including phenoxy) is 1. The molecule has 0 saturated heterocycles. The van der Waals surface area contributed by atoms with Gasteiger partial charge in [0, 0.05) is 11.8 Å². The van der Waals surface area contributed by atoms with Crippen LogP contribution in [0, 0.1) is 0 Å². The van der Waals surface area contributed by atoms with Crippen molar-refractivity contribution in [3.63, 3.8) is 0 Å². The van der Waals surface area contributed by atoms with Crippen molar-refractivity contribution in [3.05, 3.63) is 77.4 Å². The molecule has 166 valence electrons. The molecule has 2 heterocycles. The van der Waals surface area contributed by atoms with Gasteiger partial charge in [0.2, 0.25) is 0 Å². The molecule has 0 aliphatic carbocycles. The molecular formula is C20H16F3N5O4. The summed E-state index contributed by atoms with van der Waals surface area (Å²) in [5.74, 6) is -2.50. The fourth-order valence-corrected chi connectivity index (χ4v) is 2.68. The standard InChI is InChI=1S/C20H16F3N5O4/c1-2-32-19(31)14-11-25-28(16(14)20(21,22)23)13-8-6-12(7-9-13)17(29)26-27-18(30)15-5-3-4-10-24-15/h3-11H,2H2,1H3,(H,26,29)(H,27,30). The van der Waals surface area contributed by atoms with Gasteiger partial charge >= 0.3 is 12.1 Å². The van der Waals surface area contributed by atoms with E-state index in [0.29, 0.717) is 4.68 Å². The third-order valence-electron chi connectivity index (χ3n) is 4.09. The third kappa shape index (κ3) is 4.91. The molecule has 12 heteroatoms. The first-order valence-electron chi connectivity index (χ1n) is 9.17. The van der Waals surface area contributed by atoms with Crippen LogP contribution in [-0.2, 0) is 10.9 Å². The van der Waals surface area contributed by atoms with Gasteiger partial charge in [0.25, 0.3) is 11.8 Å². The molecule has 0 aliphatic heterocycles. The highest BCUT2D eigenvalue weighted by Crippen LogP contribution is 2.34. The van der Waals surface area contributed by atoms with Crippen LogP contribution < -0.4 is 10.9 Å². The van der Waals surface area contributed by atoms with Crippen molar-refractivity contribution in [3.8, 4) is 5.69 Å². The molecule has 0 saturated carbocycles. The van der Waals surface area contributed by atoms with E-state index in [9.17, 15) is 27.6 Å². The maximum absolute atomic E-state index is 13.6. The number of nitrogens with zero attached hydrogens (tertiary/aromatic N) is 3. The average Bonchev–Trinajstić information content (AvgIpc) is 3.24. The third-order valence-corrected chi connectivity index (χ3v) is 4.09. The Bertz CT molecular complexity index is 1130. The van der Waals surface area contributed by atoms with Crippen LogP contribution >= 0.6 is 0 Å². The fraction of sp³-hybridized carbons (Fsp3) is 0.150. The molecular weight excluding hydrogens is 431 g/mol. The normalized spacial score (nSPS) is 11.0. The number of esters is 1. The molecule has 0 bridgehead atoms. The van der Waals surface area contributed by atoms with Crippen LogP contribution in [0.2, 0.25) is 0 Å². The zero-order valence-corrected chi connectivity index (χ0v) is 16.5. The largest absolute Gasteiger partial charge is 0.462 e. The average molecular weight is 447 g/mol. The highest BCUT2D eigenvalue weighted by Gasteiger charge is 2.41. The zero-order chi connectivity index (χ0) is 23.3. The summed E-state index contributed by atoms with van der Waals surface area (Å²) in [6, 6.07) is 9.58. The number of rotatable bonds is 5. The molecule has 0 atom stereocenters. The number of benzene rings is 1. The number of pyridine rings is 1. The lowest BCUT2D eigenvalue weighted by Gasteiger charge is -2.13. The zero-order valence-electron chi connectivity index (χ0n) is 16.5. The molecule has 2 aromatic heterocycles. The van der Waals surface area contributed by atoms with Crippen LogP contribution in [-0.4, -0.2) is 39.2 Å². The number of hydrogen-bond acceptors (Lipinski definition) is 6. The van der Waals surface area contributed by atoms with Gasteiger partial charge < -0.3 is 4.74 Å². The Morgan fingerprint density at radius 1 is 1.03 bits per heavy atom. The molecule has 0 radical (unpaired) electrons. The van der Waals surface area contributed by atoms with E-state index in [4.69, 9.17) is 0 Å². The Balaban J connectivity index is 1.77. The van der Waals surface area contributed by atoms with Crippen LogP contribution in [0.15, 0.2) is 54.9 Å². The van der Waals surface area contributed by atoms with Gasteiger partial charge in [0.15, 0.2) is 5.69 Å². The first-order valence-corrected chi connectivity index (χ1v) is 9.17. The molecule has 0 aliphatic rings. The topological polar surface area (TPSA) is 115 Å². The van der Waals surface area contributed by atoms with Gasteiger partial charge in [0.1, 0.15) is 11.3 Å². The second kappa shape index (κ2) is 9.29. The Hall–Kier alpha value is -4.22. The van der Waals surface area contributed by atoms with Crippen molar-refractivity contribution >= 4 is 17.8 Å². The summed E-state index contributed by atoms with van der Waals surface area (Å²) in [5.41, 5.74) is 2.44. The molecule has 3 aromatic rings. The van der Waals surface area contributed by atoms with Gasteiger partial charge in [-0.25, -0.2) is 9.48 Å². The number of amides is 2. The Labute approximate surface area is 179 Å². The van der Waals surface area contributed by atoms with Crippen LogP contribution in [0.1, 0.15) is 43.8 Å². The molecule has 32 heavy (non-hydrogen) atoms. The van der Waals surface area contributed by atoms with Gasteiger partial charge in [-0.3, -0.25) is 25.4 Å². The van der Waals surface area contributed by atoms with Crippen molar-refractivity contribution in [2.45, 2.75) is 13.1 Å². The van der Waals surface area contributed by atoms with Gasteiger partial charge in [-0.05, 0) is 43.3 Å². The molecule has 9 nitrogen and oxygen atoms in total. The van der Waals surface area contributed by atoms with Crippen LogP contribution in [0.25, 0.3) is 5.69 Å². The molecule has 2 N–H and O–H groups in total. The number of aromatic nitrogens is 3. The quantitative estimate of drug-likeness (QED) is 0.459. The summed E-state index contributed by atoms with van der Waals surface area (Å²) in [7, 11) is 0. The fourth-order valence-electron chi connectivity index (χ4n) is 2.68. The highest BCUT2D eigenvalue weighted by molar-refractivity contribution is 5.98. The number of nitrogens with one attached hydrogen (secondary N) is 2. The summed E-state index contributed by atoms with van der Waals surface area (Å²) in [6.45, 7) is 1.38. The number of halogens is 3. The number of carbonyl (C=O) groups excluding carboxylic acids is 3. The van der Waals surface area contributed by atoms with Crippen LogP contribution in [0.5, 0.6) is 0 Å². The van der Waals surface area contributed by atoms with Crippen molar-refractivity contribution in [2.75, 3.05) is 6.61 Å². The van der Waals surface area contributed by atoms with Gasteiger partial charge in [-0.15, -0.1) is 0 Å². The van der Waals surface area contributed by atoms with E-state index < -0.39 is 35.2 Å². The highest BCUT2D eigenvalue weighted by atomic mass is 19.4. The lowest BCUT2D eigenvalue weighted by Crippen LogP contribution is -2.41. The van der Waals surface area contributed by atoms with E-state index in [1.807, 2.05) is 0 Å². The van der Waals surface area contributed by atoms with Crippen molar-refractivity contribution in [2.24, 2.45) is 0 Å². The summed E-state index contributed by atoms with van der Waals surface area (Å²) in [4.78, 5) is 39.8. The maximum Gasteiger partial charge on any atom is 0.434 e. The summed E-state index contributed by atoms with van der Waals surface area (Å²) >= 11 is 0. The Kier molecular flexibility index (Phi) is 6.52. The van der Waals surface area contributed by atoms with Crippen LogP contribution in [0.4, 0.5) is 13.2 Å². The molecule has 0 spiro atoms.